The molecule has 1 rings (SSSR count). The number of esters is 1. The van der Waals surface area contributed by atoms with Gasteiger partial charge in [-0.05, 0) is 13.0 Å². The predicted octanol–water partition coefficient (Wildman–Crippen LogP) is 2.25. The number of alkyl halides is 1. The molecule has 66 valence electrons. The molecule has 0 amide bonds. The number of rotatable bonds is 2. The number of hydrogen-bond donors (Lipinski definition) is 0. The standard InChI is InChI=1S/C8H9ClO3/c1-5-3-7(4-9)12-8(5)11-6(2)10/h3H,4H2,1-2H3. The third-order valence-corrected chi connectivity index (χ3v) is 1.55. The summed E-state index contributed by atoms with van der Waals surface area (Å²) in [5.74, 6) is 0.722. The molecule has 0 saturated heterocycles. The Balaban J connectivity index is 2.84. The van der Waals surface area contributed by atoms with Gasteiger partial charge in [0.05, 0.1) is 5.88 Å². The van der Waals surface area contributed by atoms with Gasteiger partial charge >= 0.3 is 5.97 Å². The van der Waals surface area contributed by atoms with Crippen molar-refractivity contribution in [3.05, 3.63) is 17.4 Å². The molecule has 4 heteroatoms. The zero-order valence-corrected chi connectivity index (χ0v) is 7.64. The molecule has 12 heavy (non-hydrogen) atoms. The maximum Gasteiger partial charge on any atom is 0.310 e. The molecule has 0 aliphatic rings. The van der Waals surface area contributed by atoms with Gasteiger partial charge in [0.2, 0.25) is 0 Å². The van der Waals surface area contributed by atoms with Crippen molar-refractivity contribution in [2.75, 3.05) is 0 Å². The number of carbonyl (C=O) groups is 1. The predicted molar refractivity (Wildman–Crippen MR) is 44.3 cm³/mol. The number of ether oxygens (including phenoxy) is 1. The van der Waals surface area contributed by atoms with Gasteiger partial charge in [-0.25, -0.2) is 0 Å². The third kappa shape index (κ3) is 2.01. The molecule has 0 aliphatic carbocycles. The van der Waals surface area contributed by atoms with E-state index in [2.05, 4.69) is 0 Å². The van der Waals surface area contributed by atoms with E-state index < -0.39 is 5.97 Å². The summed E-state index contributed by atoms with van der Waals surface area (Å²) in [6, 6.07) is 1.74. The lowest BCUT2D eigenvalue weighted by atomic mass is 10.3. The van der Waals surface area contributed by atoms with Gasteiger partial charge in [-0.2, -0.15) is 0 Å². The number of furan rings is 1. The largest absolute Gasteiger partial charge is 0.429 e. The van der Waals surface area contributed by atoms with Gasteiger partial charge < -0.3 is 9.15 Å². The van der Waals surface area contributed by atoms with Gasteiger partial charge in [-0.1, -0.05) is 0 Å². The van der Waals surface area contributed by atoms with Crippen molar-refractivity contribution >= 4 is 17.6 Å². The molecule has 0 saturated carbocycles. The molecule has 0 unspecified atom stereocenters. The first kappa shape index (κ1) is 9.13. The quantitative estimate of drug-likeness (QED) is 0.528. The second kappa shape index (κ2) is 3.63. The van der Waals surface area contributed by atoms with E-state index in [1.54, 1.807) is 13.0 Å². The van der Waals surface area contributed by atoms with E-state index in [-0.39, 0.29) is 11.8 Å². The van der Waals surface area contributed by atoms with Crippen molar-refractivity contribution in [2.24, 2.45) is 0 Å². The Morgan fingerprint density at radius 1 is 1.75 bits per heavy atom. The van der Waals surface area contributed by atoms with E-state index >= 15 is 0 Å². The highest BCUT2D eigenvalue weighted by atomic mass is 35.5. The zero-order valence-electron chi connectivity index (χ0n) is 6.89. The smallest absolute Gasteiger partial charge is 0.310 e. The number of aryl methyl sites for hydroxylation is 1. The summed E-state index contributed by atoms with van der Waals surface area (Å²) >= 11 is 5.51. The molecule has 0 radical (unpaired) electrons. The second-order valence-electron chi connectivity index (χ2n) is 2.41. The monoisotopic (exact) mass is 188 g/mol. The van der Waals surface area contributed by atoms with Crippen molar-refractivity contribution in [2.45, 2.75) is 19.7 Å². The minimum atomic E-state index is -0.395. The Bertz CT molecular complexity index is 290. The van der Waals surface area contributed by atoms with Crippen LogP contribution in [-0.4, -0.2) is 5.97 Å². The van der Waals surface area contributed by atoms with Crippen LogP contribution in [-0.2, 0) is 10.7 Å². The summed E-state index contributed by atoms with van der Waals surface area (Å²) in [6.07, 6.45) is 0. The second-order valence-corrected chi connectivity index (χ2v) is 2.68. The topological polar surface area (TPSA) is 39.4 Å². The van der Waals surface area contributed by atoms with Crippen LogP contribution in [0.25, 0.3) is 0 Å². The molecule has 1 heterocycles. The van der Waals surface area contributed by atoms with E-state index in [1.807, 2.05) is 0 Å². The van der Waals surface area contributed by atoms with Gasteiger partial charge in [0.25, 0.3) is 5.95 Å². The van der Waals surface area contributed by atoms with Crippen LogP contribution in [0.15, 0.2) is 10.5 Å². The number of carbonyl (C=O) groups excluding carboxylic acids is 1. The molecule has 0 aromatic carbocycles. The lowest BCUT2D eigenvalue weighted by Crippen LogP contribution is -2.00. The van der Waals surface area contributed by atoms with E-state index in [4.69, 9.17) is 20.8 Å². The molecular formula is C8H9ClO3. The lowest BCUT2D eigenvalue weighted by Gasteiger charge is -1.95. The van der Waals surface area contributed by atoms with Crippen molar-refractivity contribution in [3.8, 4) is 5.95 Å². The Morgan fingerprint density at radius 3 is 2.83 bits per heavy atom. The average Bonchev–Trinajstić information content (AvgIpc) is 2.31. The molecule has 0 atom stereocenters. The van der Waals surface area contributed by atoms with Gasteiger partial charge in [0.1, 0.15) is 5.76 Å². The van der Waals surface area contributed by atoms with Gasteiger partial charge in [-0.15, -0.1) is 11.6 Å². The minimum absolute atomic E-state index is 0.234. The van der Waals surface area contributed by atoms with Crippen molar-refractivity contribution in [1.82, 2.24) is 0 Å². The number of hydrogen-bond acceptors (Lipinski definition) is 3. The van der Waals surface area contributed by atoms with Crippen LogP contribution in [0.1, 0.15) is 18.2 Å². The zero-order chi connectivity index (χ0) is 9.14. The molecule has 0 aliphatic heterocycles. The van der Waals surface area contributed by atoms with E-state index in [1.165, 1.54) is 6.92 Å². The normalized spacial score (nSPS) is 9.92. The molecule has 0 fully saturated rings. The fraction of sp³-hybridized carbons (Fsp3) is 0.375. The Labute approximate surface area is 75.3 Å². The first-order chi connectivity index (χ1) is 5.63. The molecule has 0 spiro atoms. The molecule has 3 nitrogen and oxygen atoms in total. The van der Waals surface area contributed by atoms with Crippen LogP contribution < -0.4 is 4.74 Å². The third-order valence-electron chi connectivity index (χ3n) is 1.29. The fourth-order valence-electron chi connectivity index (χ4n) is 0.827. The summed E-state index contributed by atoms with van der Waals surface area (Å²) in [5.41, 5.74) is 0.779. The summed E-state index contributed by atoms with van der Waals surface area (Å²) in [4.78, 5) is 10.5. The Kier molecular flexibility index (Phi) is 2.76. The van der Waals surface area contributed by atoms with Crippen LogP contribution in [0.5, 0.6) is 5.95 Å². The highest BCUT2D eigenvalue weighted by Gasteiger charge is 2.09. The average molecular weight is 189 g/mol. The SMILES string of the molecule is CC(=O)Oc1oc(CCl)cc1C. The van der Waals surface area contributed by atoms with E-state index in [9.17, 15) is 4.79 Å². The van der Waals surface area contributed by atoms with Crippen molar-refractivity contribution in [1.29, 1.82) is 0 Å². The van der Waals surface area contributed by atoms with Crippen LogP contribution in [0.2, 0.25) is 0 Å². The number of halogens is 1. The molecule has 1 aromatic heterocycles. The Morgan fingerprint density at radius 2 is 2.42 bits per heavy atom. The first-order valence-corrected chi connectivity index (χ1v) is 4.00. The molecule has 0 bridgehead atoms. The summed E-state index contributed by atoms with van der Waals surface area (Å²) in [6.45, 7) is 3.11. The highest BCUT2D eigenvalue weighted by molar-refractivity contribution is 6.16. The minimum Gasteiger partial charge on any atom is -0.429 e. The van der Waals surface area contributed by atoms with E-state index in [0.717, 1.165) is 5.56 Å². The summed E-state index contributed by atoms with van der Waals surface area (Å²) < 4.78 is 9.86. The first-order valence-electron chi connectivity index (χ1n) is 3.47. The maximum atomic E-state index is 10.5. The van der Waals surface area contributed by atoms with Gasteiger partial charge in [0, 0.05) is 12.5 Å². The highest BCUT2D eigenvalue weighted by Crippen LogP contribution is 2.23. The van der Waals surface area contributed by atoms with Crippen molar-refractivity contribution < 1.29 is 13.9 Å². The summed E-state index contributed by atoms with van der Waals surface area (Å²) in [7, 11) is 0. The molecular weight excluding hydrogens is 180 g/mol. The fourth-order valence-corrected chi connectivity index (χ4v) is 0.959. The van der Waals surface area contributed by atoms with Crippen LogP contribution in [0, 0.1) is 6.92 Å². The lowest BCUT2D eigenvalue weighted by molar-refractivity contribution is -0.133. The van der Waals surface area contributed by atoms with Crippen molar-refractivity contribution in [3.63, 3.8) is 0 Å². The van der Waals surface area contributed by atoms with Crippen LogP contribution >= 0.6 is 11.6 Å². The van der Waals surface area contributed by atoms with Crippen LogP contribution in [0.3, 0.4) is 0 Å². The Hall–Kier alpha value is -0.960. The van der Waals surface area contributed by atoms with E-state index in [0.29, 0.717) is 5.76 Å². The molecule has 1 aromatic rings. The van der Waals surface area contributed by atoms with Crippen LogP contribution in [0.4, 0.5) is 0 Å². The maximum absolute atomic E-state index is 10.5. The molecule has 0 N–H and O–H groups in total. The summed E-state index contributed by atoms with van der Waals surface area (Å²) in [5, 5.41) is 0. The van der Waals surface area contributed by atoms with Gasteiger partial charge in [0.15, 0.2) is 0 Å². The van der Waals surface area contributed by atoms with Gasteiger partial charge in [-0.3, -0.25) is 4.79 Å².